The third kappa shape index (κ3) is 5.28. The Morgan fingerprint density at radius 2 is 2.22 bits per heavy atom. The summed E-state index contributed by atoms with van der Waals surface area (Å²) in [6, 6.07) is 0. The van der Waals surface area contributed by atoms with Gasteiger partial charge in [-0.15, -0.1) is 0 Å². The van der Waals surface area contributed by atoms with Crippen molar-refractivity contribution in [3.63, 3.8) is 0 Å². The van der Waals surface area contributed by atoms with E-state index in [4.69, 9.17) is 0 Å². The van der Waals surface area contributed by atoms with E-state index in [0.717, 1.165) is 0 Å². The highest BCUT2D eigenvalue weighted by atomic mass is 16.1. The predicted molar refractivity (Wildman–Crippen MR) is 39.3 cm³/mol. The number of ketones is 1. The van der Waals surface area contributed by atoms with Crippen LogP contribution in [0.15, 0.2) is 12.2 Å². The van der Waals surface area contributed by atoms with Crippen LogP contribution in [-0.2, 0) is 4.79 Å². The van der Waals surface area contributed by atoms with E-state index in [1.165, 1.54) is 0 Å². The zero-order valence-corrected chi connectivity index (χ0v) is 6.35. The maximum atomic E-state index is 10.5. The molecule has 9 heavy (non-hydrogen) atoms. The van der Waals surface area contributed by atoms with E-state index in [1.54, 1.807) is 6.92 Å². The van der Waals surface area contributed by atoms with Crippen molar-refractivity contribution in [2.45, 2.75) is 27.2 Å². The fraction of sp³-hybridized carbons (Fsp3) is 0.625. The van der Waals surface area contributed by atoms with Crippen molar-refractivity contribution < 1.29 is 4.79 Å². The first-order valence-corrected chi connectivity index (χ1v) is 3.29. The molecule has 1 heteroatoms. The molecule has 0 spiro atoms. The van der Waals surface area contributed by atoms with E-state index < -0.39 is 0 Å². The van der Waals surface area contributed by atoms with Crippen molar-refractivity contribution in [2.75, 3.05) is 0 Å². The molecule has 1 unspecified atom stereocenters. The normalized spacial score (nSPS) is 14.1. The minimum atomic E-state index is 0.264. The monoisotopic (exact) mass is 126 g/mol. The van der Waals surface area contributed by atoms with E-state index >= 15 is 0 Å². The van der Waals surface area contributed by atoms with Crippen molar-refractivity contribution in [3.05, 3.63) is 12.2 Å². The van der Waals surface area contributed by atoms with E-state index in [9.17, 15) is 4.79 Å². The molecule has 0 aliphatic carbocycles. The number of hydrogen-bond donors (Lipinski definition) is 0. The standard InChI is InChI=1S/C8H14O/c1-4-5-7(2)6-8(3)9/h4-5,7H,6H2,1-3H3. The fourth-order valence-corrected chi connectivity index (χ4v) is 0.850. The van der Waals surface area contributed by atoms with Gasteiger partial charge in [-0.1, -0.05) is 19.1 Å². The third-order valence-electron chi connectivity index (χ3n) is 1.13. The van der Waals surface area contributed by atoms with Crippen molar-refractivity contribution in [2.24, 2.45) is 5.92 Å². The Morgan fingerprint density at radius 1 is 1.67 bits per heavy atom. The van der Waals surface area contributed by atoms with Crippen LogP contribution in [0.1, 0.15) is 27.2 Å². The molecule has 52 valence electrons. The molecule has 0 aromatic heterocycles. The molecule has 0 amide bonds. The molecule has 0 bridgehead atoms. The van der Waals surface area contributed by atoms with Gasteiger partial charge in [0.1, 0.15) is 5.78 Å². The Morgan fingerprint density at radius 3 is 2.56 bits per heavy atom. The zero-order chi connectivity index (χ0) is 7.28. The second kappa shape index (κ2) is 4.30. The van der Waals surface area contributed by atoms with E-state index in [-0.39, 0.29) is 5.78 Å². The Balaban J connectivity index is 3.50. The molecule has 0 rings (SSSR count). The summed E-state index contributed by atoms with van der Waals surface area (Å²) in [6.07, 6.45) is 4.69. The summed E-state index contributed by atoms with van der Waals surface area (Å²) in [5, 5.41) is 0. The van der Waals surface area contributed by atoms with Crippen LogP contribution in [0, 0.1) is 5.92 Å². The van der Waals surface area contributed by atoms with Gasteiger partial charge in [0.2, 0.25) is 0 Å². The van der Waals surface area contributed by atoms with Crippen LogP contribution < -0.4 is 0 Å². The third-order valence-corrected chi connectivity index (χ3v) is 1.13. The van der Waals surface area contributed by atoms with Crippen LogP contribution in [0.3, 0.4) is 0 Å². The maximum Gasteiger partial charge on any atom is 0.130 e. The van der Waals surface area contributed by atoms with Gasteiger partial charge in [0.05, 0.1) is 0 Å². The van der Waals surface area contributed by atoms with Crippen molar-refractivity contribution in [1.82, 2.24) is 0 Å². The molecule has 0 radical (unpaired) electrons. The summed E-state index contributed by atoms with van der Waals surface area (Å²) in [6.45, 7) is 5.64. The highest BCUT2D eigenvalue weighted by molar-refractivity contribution is 5.75. The summed E-state index contributed by atoms with van der Waals surface area (Å²) in [4.78, 5) is 10.5. The quantitative estimate of drug-likeness (QED) is 0.530. The second-order valence-electron chi connectivity index (χ2n) is 2.41. The first-order chi connectivity index (χ1) is 4.16. The summed E-state index contributed by atoms with van der Waals surface area (Å²) >= 11 is 0. The largest absolute Gasteiger partial charge is 0.300 e. The van der Waals surface area contributed by atoms with Crippen LogP contribution in [0.5, 0.6) is 0 Å². The van der Waals surface area contributed by atoms with Gasteiger partial charge in [0.15, 0.2) is 0 Å². The Kier molecular flexibility index (Phi) is 4.02. The molecule has 0 aromatic rings. The number of carbonyl (C=O) groups excluding carboxylic acids is 1. The highest BCUT2D eigenvalue weighted by Gasteiger charge is 1.98. The maximum absolute atomic E-state index is 10.5. The summed E-state index contributed by atoms with van der Waals surface area (Å²) in [7, 11) is 0. The Bertz CT molecular complexity index is 114. The average molecular weight is 126 g/mol. The lowest BCUT2D eigenvalue weighted by atomic mass is 10.1. The van der Waals surface area contributed by atoms with E-state index in [2.05, 4.69) is 0 Å². The molecule has 1 atom stereocenters. The fourth-order valence-electron chi connectivity index (χ4n) is 0.850. The average Bonchev–Trinajstić information content (AvgIpc) is 1.63. The number of Topliss-reactive ketones (excluding diaryl/α,β-unsaturated/α-hetero) is 1. The number of rotatable bonds is 3. The first kappa shape index (κ1) is 8.41. The van der Waals surface area contributed by atoms with Crippen LogP contribution >= 0.6 is 0 Å². The van der Waals surface area contributed by atoms with Gasteiger partial charge in [-0.3, -0.25) is 0 Å². The van der Waals surface area contributed by atoms with Gasteiger partial charge in [-0.25, -0.2) is 0 Å². The van der Waals surface area contributed by atoms with Crippen molar-refractivity contribution in [1.29, 1.82) is 0 Å². The van der Waals surface area contributed by atoms with Gasteiger partial charge in [0.25, 0.3) is 0 Å². The molecule has 0 heterocycles. The van der Waals surface area contributed by atoms with Gasteiger partial charge >= 0.3 is 0 Å². The molecule has 1 nitrogen and oxygen atoms in total. The van der Waals surface area contributed by atoms with Crippen molar-refractivity contribution >= 4 is 5.78 Å². The highest BCUT2D eigenvalue weighted by Crippen LogP contribution is 2.02. The minimum absolute atomic E-state index is 0.264. The van der Waals surface area contributed by atoms with Crippen LogP contribution in [0.2, 0.25) is 0 Å². The minimum Gasteiger partial charge on any atom is -0.300 e. The van der Waals surface area contributed by atoms with Gasteiger partial charge < -0.3 is 4.79 Å². The number of hydrogen-bond acceptors (Lipinski definition) is 1. The second-order valence-corrected chi connectivity index (χ2v) is 2.41. The van der Waals surface area contributed by atoms with Crippen LogP contribution in [0.25, 0.3) is 0 Å². The number of carbonyl (C=O) groups is 1. The lowest BCUT2D eigenvalue weighted by Gasteiger charge is -1.99. The molecular weight excluding hydrogens is 112 g/mol. The molecule has 0 aliphatic rings. The molecule has 0 N–H and O–H groups in total. The Hall–Kier alpha value is -0.590. The van der Waals surface area contributed by atoms with Gasteiger partial charge in [0, 0.05) is 6.42 Å². The molecule has 0 aliphatic heterocycles. The molecule has 0 saturated heterocycles. The van der Waals surface area contributed by atoms with Gasteiger partial charge in [-0.2, -0.15) is 0 Å². The van der Waals surface area contributed by atoms with E-state index in [0.29, 0.717) is 12.3 Å². The molecular formula is C8H14O. The summed E-state index contributed by atoms with van der Waals surface area (Å²) in [5.41, 5.74) is 0. The molecule has 0 saturated carbocycles. The lowest BCUT2D eigenvalue weighted by Crippen LogP contribution is -1.97. The Labute approximate surface area is 56.8 Å². The van der Waals surface area contributed by atoms with Gasteiger partial charge in [-0.05, 0) is 19.8 Å². The van der Waals surface area contributed by atoms with Crippen LogP contribution in [0.4, 0.5) is 0 Å². The van der Waals surface area contributed by atoms with Crippen LogP contribution in [-0.4, -0.2) is 5.78 Å². The summed E-state index contributed by atoms with van der Waals surface area (Å²) in [5.74, 6) is 0.674. The van der Waals surface area contributed by atoms with E-state index in [1.807, 2.05) is 26.0 Å². The molecule has 0 aromatic carbocycles. The SMILES string of the molecule is CC=CC(C)CC(C)=O. The lowest BCUT2D eigenvalue weighted by molar-refractivity contribution is -0.117. The predicted octanol–water partition coefficient (Wildman–Crippen LogP) is 2.18. The molecule has 0 fully saturated rings. The topological polar surface area (TPSA) is 17.1 Å². The summed E-state index contributed by atoms with van der Waals surface area (Å²) < 4.78 is 0. The smallest absolute Gasteiger partial charge is 0.130 e. The zero-order valence-electron chi connectivity index (χ0n) is 6.35. The first-order valence-electron chi connectivity index (χ1n) is 3.29. The van der Waals surface area contributed by atoms with Crippen molar-refractivity contribution in [3.8, 4) is 0 Å². The number of allylic oxidation sites excluding steroid dienone is 2.